The molecule has 0 saturated heterocycles. The van der Waals surface area contributed by atoms with E-state index in [0.29, 0.717) is 17.7 Å². The molecule has 1 aromatic carbocycles. The predicted octanol–water partition coefficient (Wildman–Crippen LogP) is 1.14. The van der Waals surface area contributed by atoms with Crippen LogP contribution in [0.4, 0.5) is 0 Å². The normalized spacial score (nSPS) is 11.5. The number of aryl methyl sites for hydroxylation is 1. The summed E-state index contributed by atoms with van der Waals surface area (Å²) >= 11 is 0. The lowest BCUT2D eigenvalue weighted by Crippen LogP contribution is -2.29. The number of allylic oxidation sites excluding steroid dienone is 1. The average molecular weight is 282 g/mol. The van der Waals surface area contributed by atoms with E-state index in [0.717, 1.165) is 5.56 Å². The zero-order chi connectivity index (χ0) is 14.8. The highest BCUT2D eigenvalue weighted by atomic mass is 16.2. The zero-order valence-corrected chi connectivity index (χ0v) is 11.5. The Morgan fingerprint density at radius 2 is 2.00 bits per heavy atom. The number of imidazole rings is 1. The molecule has 1 N–H and O–H groups in total. The first-order valence-corrected chi connectivity index (χ1v) is 6.52. The number of aromatic amines is 1. The van der Waals surface area contributed by atoms with Crippen LogP contribution in [0.1, 0.15) is 5.56 Å². The molecule has 0 spiro atoms. The zero-order valence-electron chi connectivity index (χ0n) is 11.5. The number of nitrogens with one attached hydrogen (secondary N) is 1. The van der Waals surface area contributed by atoms with Crippen molar-refractivity contribution in [3.8, 4) is 0 Å². The van der Waals surface area contributed by atoms with Gasteiger partial charge < -0.3 is 4.57 Å². The standard InChI is InChI=1S/C15H14N4O2/c1-18-13-12(14(20)17-15(18)21)19(10-16-13)9-5-8-11-6-3-2-4-7-11/h2-8,10H,9H2,1H3,(H,17,20,21)/b8-5+. The van der Waals surface area contributed by atoms with E-state index in [1.54, 1.807) is 17.9 Å². The van der Waals surface area contributed by atoms with Crippen molar-refractivity contribution in [2.75, 3.05) is 0 Å². The van der Waals surface area contributed by atoms with Crippen molar-refractivity contribution in [1.29, 1.82) is 0 Å². The minimum atomic E-state index is -0.461. The largest absolute Gasteiger partial charge is 0.329 e. The van der Waals surface area contributed by atoms with Gasteiger partial charge in [-0.1, -0.05) is 42.5 Å². The van der Waals surface area contributed by atoms with Crippen LogP contribution in [0.15, 0.2) is 52.3 Å². The Morgan fingerprint density at radius 1 is 1.24 bits per heavy atom. The molecule has 2 aromatic heterocycles. The molecule has 0 fully saturated rings. The molecule has 0 aliphatic rings. The molecular weight excluding hydrogens is 268 g/mol. The van der Waals surface area contributed by atoms with Crippen molar-refractivity contribution in [1.82, 2.24) is 19.1 Å². The molecule has 0 unspecified atom stereocenters. The molecule has 0 radical (unpaired) electrons. The number of rotatable bonds is 3. The number of aromatic nitrogens is 4. The van der Waals surface area contributed by atoms with Gasteiger partial charge in [0, 0.05) is 13.6 Å². The van der Waals surface area contributed by atoms with Crippen LogP contribution in [0.2, 0.25) is 0 Å². The van der Waals surface area contributed by atoms with Crippen LogP contribution in [0, 0.1) is 0 Å². The summed E-state index contributed by atoms with van der Waals surface area (Å²) in [6, 6.07) is 9.89. The molecule has 6 heteroatoms. The van der Waals surface area contributed by atoms with Gasteiger partial charge in [-0.3, -0.25) is 14.3 Å². The van der Waals surface area contributed by atoms with Gasteiger partial charge >= 0.3 is 5.69 Å². The topological polar surface area (TPSA) is 72.7 Å². The molecule has 0 amide bonds. The third kappa shape index (κ3) is 2.43. The fourth-order valence-corrected chi connectivity index (χ4v) is 2.19. The molecule has 0 aliphatic heterocycles. The summed E-state index contributed by atoms with van der Waals surface area (Å²) in [6.07, 6.45) is 5.48. The summed E-state index contributed by atoms with van der Waals surface area (Å²) in [7, 11) is 1.58. The maximum Gasteiger partial charge on any atom is 0.329 e. The van der Waals surface area contributed by atoms with Crippen LogP contribution < -0.4 is 11.2 Å². The van der Waals surface area contributed by atoms with Gasteiger partial charge in [-0.05, 0) is 5.56 Å². The van der Waals surface area contributed by atoms with E-state index >= 15 is 0 Å². The lowest BCUT2D eigenvalue weighted by Gasteiger charge is -2.00. The van der Waals surface area contributed by atoms with Gasteiger partial charge in [-0.2, -0.15) is 0 Å². The van der Waals surface area contributed by atoms with E-state index in [9.17, 15) is 9.59 Å². The molecule has 2 heterocycles. The van der Waals surface area contributed by atoms with Crippen LogP contribution in [0.3, 0.4) is 0 Å². The van der Waals surface area contributed by atoms with Gasteiger partial charge in [0.15, 0.2) is 11.2 Å². The van der Waals surface area contributed by atoms with Crippen LogP contribution in [-0.2, 0) is 13.6 Å². The van der Waals surface area contributed by atoms with Crippen molar-refractivity contribution in [2.24, 2.45) is 7.05 Å². The third-order valence-corrected chi connectivity index (χ3v) is 3.29. The van der Waals surface area contributed by atoms with Crippen molar-refractivity contribution in [2.45, 2.75) is 6.54 Å². The summed E-state index contributed by atoms with van der Waals surface area (Å²) in [6.45, 7) is 0.507. The molecule has 0 aliphatic carbocycles. The monoisotopic (exact) mass is 282 g/mol. The number of hydrogen-bond donors (Lipinski definition) is 1. The SMILES string of the molecule is Cn1c(=O)[nH]c(=O)c2c1ncn2C/C=C/c1ccccc1. The molecule has 106 valence electrons. The number of benzene rings is 1. The minimum absolute atomic E-state index is 0.386. The Morgan fingerprint density at radius 3 is 2.76 bits per heavy atom. The summed E-state index contributed by atoms with van der Waals surface area (Å²) in [5.74, 6) is 0. The maximum absolute atomic E-state index is 11.9. The highest BCUT2D eigenvalue weighted by Gasteiger charge is 2.10. The fraction of sp³-hybridized carbons (Fsp3) is 0.133. The second-order valence-electron chi connectivity index (χ2n) is 4.70. The number of hydrogen-bond acceptors (Lipinski definition) is 3. The first-order chi connectivity index (χ1) is 10.2. The fourth-order valence-electron chi connectivity index (χ4n) is 2.19. The van der Waals surface area contributed by atoms with E-state index < -0.39 is 11.2 Å². The van der Waals surface area contributed by atoms with Gasteiger partial charge in [-0.25, -0.2) is 9.78 Å². The van der Waals surface area contributed by atoms with E-state index in [1.807, 2.05) is 42.5 Å². The molecule has 3 aromatic rings. The Balaban J connectivity index is 1.96. The highest BCUT2D eigenvalue weighted by Crippen LogP contribution is 2.06. The summed E-state index contributed by atoms with van der Waals surface area (Å²) in [5, 5.41) is 0. The van der Waals surface area contributed by atoms with Crippen molar-refractivity contribution >= 4 is 17.2 Å². The minimum Gasteiger partial charge on any atom is -0.321 e. The molecular formula is C15H14N4O2. The van der Waals surface area contributed by atoms with E-state index in [-0.39, 0.29) is 0 Å². The third-order valence-electron chi connectivity index (χ3n) is 3.29. The number of H-pyrrole nitrogens is 1. The van der Waals surface area contributed by atoms with E-state index in [4.69, 9.17) is 0 Å². The van der Waals surface area contributed by atoms with Crippen molar-refractivity contribution < 1.29 is 0 Å². The molecule has 21 heavy (non-hydrogen) atoms. The second-order valence-corrected chi connectivity index (χ2v) is 4.70. The Bertz CT molecular complexity index is 916. The van der Waals surface area contributed by atoms with Gasteiger partial charge in [0.1, 0.15) is 0 Å². The van der Waals surface area contributed by atoms with Crippen molar-refractivity contribution in [3.05, 3.63) is 69.1 Å². The molecule has 0 atom stereocenters. The van der Waals surface area contributed by atoms with Crippen molar-refractivity contribution in [3.63, 3.8) is 0 Å². The summed E-state index contributed by atoms with van der Waals surface area (Å²) in [5.41, 5.74) is 0.992. The lowest BCUT2D eigenvalue weighted by molar-refractivity contribution is 0.819. The lowest BCUT2D eigenvalue weighted by atomic mass is 10.2. The maximum atomic E-state index is 11.9. The second kappa shape index (κ2) is 5.24. The first-order valence-electron chi connectivity index (χ1n) is 6.52. The van der Waals surface area contributed by atoms with E-state index in [1.165, 1.54) is 4.57 Å². The molecule has 0 saturated carbocycles. The summed E-state index contributed by atoms with van der Waals surface area (Å²) in [4.78, 5) is 29.8. The molecule has 0 bridgehead atoms. The smallest absolute Gasteiger partial charge is 0.321 e. The van der Waals surface area contributed by atoms with Gasteiger partial charge in [0.05, 0.1) is 6.33 Å². The first kappa shape index (κ1) is 13.1. The van der Waals surface area contributed by atoms with Gasteiger partial charge in [0.25, 0.3) is 5.56 Å². The highest BCUT2D eigenvalue weighted by molar-refractivity contribution is 5.69. The molecule has 6 nitrogen and oxygen atoms in total. The summed E-state index contributed by atoms with van der Waals surface area (Å²) < 4.78 is 3.04. The van der Waals surface area contributed by atoms with Crippen LogP contribution in [-0.4, -0.2) is 19.1 Å². The number of fused-ring (bicyclic) bond motifs is 1. The van der Waals surface area contributed by atoms with Crippen LogP contribution in [0.5, 0.6) is 0 Å². The quantitative estimate of drug-likeness (QED) is 0.783. The Labute approximate surface area is 120 Å². The predicted molar refractivity (Wildman–Crippen MR) is 81.1 cm³/mol. The Kier molecular flexibility index (Phi) is 3.27. The Hall–Kier alpha value is -2.89. The molecule has 3 rings (SSSR count). The van der Waals surface area contributed by atoms with Gasteiger partial charge in [-0.15, -0.1) is 0 Å². The van der Waals surface area contributed by atoms with E-state index in [2.05, 4.69) is 9.97 Å². The average Bonchev–Trinajstić information content (AvgIpc) is 2.91. The van der Waals surface area contributed by atoms with Crippen LogP contribution >= 0.6 is 0 Å². The van der Waals surface area contributed by atoms with Crippen LogP contribution in [0.25, 0.3) is 17.2 Å². The van der Waals surface area contributed by atoms with Gasteiger partial charge in [0.2, 0.25) is 0 Å². The number of nitrogens with zero attached hydrogens (tertiary/aromatic N) is 3.